The van der Waals surface area contributed by atoms with Crippen molar-refractivity contribution in [3.8, 4) is 5.75 Å². The van der Waals surface area contributed by atoms with E-state index in [1.807, 2.05) is 6.92 Å². The molecule has 0 bridgehead atoms. The maximum atomic E-state index is 11.9. The molecule has 1 aromatic rings. The molecule has 0 aliphatic carbocycles. The molecule has 0 aliphatic heterocycles. The zero-order valence-corrected chi connectivity index (χ0v) is 11.8. The molecule has 0 spiro atoms. The lowest BCUT2D eigenvalue weighted by atomic mass is 9.91. The van der Waals surface area contributed by atoms with Crippen LogP contribution in [0.5, 0.6) is 5.75 Å². The maximum Gasteiger partial charge on any atom is 0.330 e. The lowest BCUT2D eigenvalue weighted by Crippen LogP contribution is -2.43. The van der Waals surface area contributed by atoms with Crippen LogP contribution < -0.4 is 10.5 Å². The minimum absolute atomic E-state index is 0.271. The summed E-state index contributed by atoms with van der Waals surface area (Å²) in [5, 5.41) is 0.534. The molecule has 5 heteroatoms. The van der Waals surface area contributed by atoms with Gasteiger partial charge in [-0.15, -0.1) is 0 Å². The van der Waals surface area contributed by atoms with Gasteiger partial charge in [-0.3, -0.25) is 0 Å². The Labute approximate surface area is 112 Å². The molecule has 0 radical (unpaired) electrons. The number of carbonyl (C=O) groups excluding carboxylic acids is 1. The van der Waals surface area contributed by atoms with Crippen LogP contribution in [-0.4, -0.2) is 19.7 Å². The van der Waals surface area contributed by atoms with Gasteiger partial charge in [0, 0.05) is 10.6 Å². The van der Waals surface area contributed by atoms with E-state index in [9.17, 15) is 4.79 Å². The van der Waals surface area contributed by atoms with Crippen molar-refractivity contribution >= 4 is 17.6 Å². The van der Waals surface area contributed by atoms with Crippen LogP contribution in [0.3, 0.4) is 0 Å². The summed E-state index contributed by atoms with van der Waals surface area (Å²) in [5.74, 6) is 0.0122. The Hall–Kier alpha value is -1.26. The van der Waals surface area contributed by atoms with Gasteiger partial charge < -0.3 is 15.2 Å². The van der Waals surface area contributed by atoms with E-state index in [2.05, 4.69) is 0 Å². The quantitative estimate of drug-likeness (QED) is 0.854. The number of esters is 1. The van der Waals surface area contributed by atoms with Crippen molar-refractivity contribution in [2.75, 3.05) is 13.7 Å². The van der Waals surface area contributed by atoms with E-state index in [-0.39, 0.29) is 6.61 Å². The van der Waals surface area contributed by atoms with Gasteiger partial charge in [0.25, 0.3) is 0 Å². The summed E-state index contributed by atoms with van der Waals surface area (Å²) >= 11 is 6.07. The maximum absolute atomic E-state index is 11.9. The largest absolute Gasteiger partial charge is 0.496 e. The van der Waals surface area contributed by atoms with Gasteiger partial charge in [-0.25, -0.2) is 4.79 Å². The van der Waals surface area contributed by atoms with E-state index in [0.717, 1.165) is 5.56 Å². The van der Waals surface area contributed by atoms with Crippen molar-refractivity contribution in [2.45, 2.75) is 26.3 Å². The van der Waals surface area contributed by atoms with Gasteiger partial charge >= 0.3 is 5.97 Å². The van der Waals surface area contributed by atoms with E-state index in [1.165, 1.54) is 7.11 Å². The predicted molar refractivity (Wildman–Crippen MR) is 70.9 cm³/mol. The number of halogens is 1. The average Bonchev–Trinajstić information content (AvgIpc) is 2.32. The first kappa shape index (κ1) is 14.8. The van der Waals surface area contributed by atoms with Gasteiger partial charge in [-0.1, -0.05) is 11.6 Å². The highest BCUT2D eigenvalue weighted by atomic mass is 35.5. The zero-order valence-electron chi connectivity index (χ0n) is 11.0. The summed E-state index contributed by atoms with van der Waals surface area (Å²) in [5.41, 5.74) is 6.13. The predicted octanol–water partition coefficient (Wildman–Crippen LogP) is 2.39. The third-order valence-corrected chi connectivity index (χ3v) is 3.15. The molecule has 100 valence electrons. The topological polar surface area (TPSA) is 61.5 Å². The second-order valence-electron chi connectivity index (χ2n) is 4.22. The minimum Gasteiger partial charge on any atom is -0.496 e. The van der Waals surface area contributed by atoms with Crippen LogP contribution in [0, 0.1) is 6.92 Å². The van der Waals surface area contributed by atoms with Crippen LogP contribution >= 0.6 is 11.6 Å². The summed E-state index contributed by atoms with van der Waals surface area (Å²) in [6, 6.07) is 3.40. The fourth-order valence-electron chi connectivity index (χ4n) is 1.62. The average molecular weight is 272 g/mol. The lowest BCUT2D eigenvalue weighted by Gasteiger charge is -2.25. The fraction of sp³-hybridized carbons (Fsp3) is 0.462. The summed E-state index contributed by atoms with van der Waals surface area (Å²) in [4.78, 5) is 11.9. The third-order valence-electron chi connectivity index (χ3n) is 2.74. The summed E-state index contributed by atoms with van der Waals surface area (Å²) in [6.45, 7) is 5.43. The van der Waals surface area contributed by atoms with Crippen molar-refractivity contribution in [2.24, 2.45) is 5.73 Å². The summed E-state index contributed by atoms with van der Waals surface area (Å²) in [7, 11) is 1.52. The highest BCUT2D eigenvalue weighted by Gasteiger charge is 2.35. The van der Waals surface area contributed by atoms with E-state index >= 15 is 0 Å². The number of benzene rings is 1. The molecule has 1 atom stereocenters. The number of rotatable bonds is 4. The van der Waals surface area contributed by atoms with Crippen LogP contribution in [0.2, 0.25) is 5.02 Å². The van der Waals surface area contributed by atoms with Gasteiger partial charge in [0.05, 0.1) is 13.7 Å². The Kier molecular flexibility index (Phi) is 4.59. The highest BCUT2D eigenvalue weighted by Crippen LogP contribution is 2.33. The number of hydrogen-bond acceptors (Lipinski definition) is 4. The van der Waals surface area contributed by atoms with Gasteiger partial charge in [-0.05, 0) is 38.5 Å². The molecule has 0 saturated carbocycles. The number of nitrogens with two attached hydrogens (primary N) is 1. The summed E-state index contributed by atoms with van der Waals surface area (Å²) < 4.78 is 10.2. The molecule has 0 saturated heterocycles. The fourth-order valence-corrected chi connectivity index (χ4v) is 1.78. The molecule has 2 N–H and O–H groups in total. The second kappa shape index (κ2) is 5.59. The molecular weight excluding hydrogens is 254 g/mol. The normalized spacial score (nSPS) is 13.9. The van der Waals surface area contributed by atoms with Crippen molar-refractivity contribution in [3.05, 3.63) is 28.3 Å². The zero-order chi connectivity index (χ0) is 13.9. The first-order valence-corrected chi connectivity index (χ1v) is 6.03. The first-order chi connectivity index (χ1) is 8.34. The van der Waals surface area contributed by atoms with Gasteiger partial charge in [0.1, 0.15) is 11.3 Å². The lowest BCUT2D eigenvalue weighted by molar-refractivity contribution is -0.149. The number of carbonyl (C=O) groups is 1. The molecule has 4 nitrogen and oxygen atoms in total. The van der Waals surface area contributed by atoms with Crippen LogP contribution in [0.15, 0.2) is 12.1 Å². The Balaban J connectivity index is 3.30. The Morgan fingerprint density at radius 2 is 2.11 bits per heavy atom. The number of ether oxygens (including phenoxy) is 2. The van der Waals surface area contributed by atoms with Crippen LogP contribution in [0.4, 0.5) is 0 Å². The Morgan fingerprint density at radius 3 is 2.61 bits per heavy atom. The standard InChI is InChI=1S/C13H18ClNO3/c1-5-18-12(16)13(3,15)9-7-10(14)8(2)6-11(9)17-4/h6-7H,5,15H2,1-4H3. The van der Waals surface area contributed by atoms with E-state index in [1.54, 1.807) is 26.0 Å². The smallest absolute Gasteiger partial charge is 0.330 e. The van der Waals surface area contributed by atoms with E-state index in [4.69, 9.17) is 26.8 Å². The van der Waals surface area contributed by atoms with Gasteiger partial charge in [0.15, 0.2) is 0 Å². The SMILES string of the molecule is CCOC(=O)C(C)(N)c1cc(Cl)c(C)cc1OC. The monoisotopic (exact) mass is 271 g/mol. The molecule has 18 heavy (non-hydrogen) atoms. The Bertz CT molecular complexity index is 458. The van der Waals surface area contributed by atoms with Crippen LogP contribution in [0.1, 0.15) is 25.0 Å². The molecule has 1 rings (SSSR count). The summed E-state index contributed by atoms with van der Waals surface area (Å²) in [6.07, 6.45) is 0. The second-order valence-corrected chi connectivity index (χ2v) is 4.63. The highest BCUT2D eigenvalue weighted by molar-refractivity contribution is 6.31. The Morgan fingerprint density at radius 1 is 1.50 bits per heavy atom. The first-order valence-electron chi connectivity index (χ1n) is 5.65. The number of hydrogen-bond donors (Lipinski definition) is 1. The number of methoxy groups -OCH3 is 1. The van der Waals surface area contributed by atoms with Crippen LogP contribution in [-0.2, 0) is 15.1 Å². The van der Waals surface area contributed by atoms with Gasteiger partial charge in [-0.2, -0.15) is 0 Å². The third kappa shape index (κ3) is 2.76. The van der Waals surface area contributed by atoms with Crippen molar-refractivity contribution in [1.82, 2.24) is 0 Å². The molecular formula is C13H18ClNO3. The molecule has 0 heterocycles. The molecule has 0 aromatic heterocycles. The minimum atomic E-state index is -1.29. The van der Waals surface area contributed by atoms with Crippen molar-refractivity contribution in [3.63, 3.8) is 0 Å². The molecule has 1 aromatic carbocycles. The van der Waals surface area contributed by atoms with E-state index in [0.29, 0.717) is 16.3 Å². The van der Waals surface area contributed by atoms with Crippen molar-refractivity contribution in [1.29, 1.82) is 0 Å². The molecule has 1 unspecified atom stereocenters. The van der Waals surface area contributed by atoms with Crippen LogP contribution in [0.25, 0.3) is 0 Å². The molecule has 0 fully saturated rings. The van der Waals surface area contributed by atoms with Gasteiger partial charge in [0.2, 0.25) is 0 Å². The molecule has 0 amide bonds. The molecule has 0 aliphatic rings. The van der Waals surface area contributed by atoms with E-state index < -0.39 is 11.5 Å². The number of aryl methyl sites for hydroxylation is 1. The van der Waals surface area contributed by atoms with Crippen molar-refractivity contribution < 1.29 is 14.3 Å².